The smallest absolute Gasteiger partial charge is 0.139 e. The van der Waals surface area contributed by atoms with Gasteiger partial charge in [-0.05, 0) is 30.9 Å². The van der Waals surface area contributed by atoms with Crippen molar-refractivity contribution in [3.05, 3.63) is 23.9 Å². The van der Waals surface area contributed by atoms with E-state index in [2.05, 4.69) is 37.6 Å². The Morgan fingerprint density at radius 2 is 2.00 bits per heavy atom. The molecule has 0 unspecified atom stereocenters. The summed E-state index contributed by atoms with van der Waals surface area (Å²) in [4.78, 5) is 6.78. The lowest BCUT2D eigenvalue weighted by molar-refractivity contribution is 0.503. The fourth-order valence-corrected chi connectivity index (χ4v) is 2.37. The topological polar surface area (TPSA) is 66.0 Å². The van der Waals surface area contributed by atoms with Crippen molar-refractivity contribution in [2.75, 3.05) is 11.4 Å². The molecule has 0 radical (unpaired) electrons. The summed E-state index contributed by atoms with van der Waals surface area (Å²) in [5.74, 6) is 1.47. The summed E-state index contributed by atoms with van der Waals surface area (Å²) in [6.07, 6.45) is 3.91. The number of anilines is 1. The Kier molecular flexibility index (Phi) is 5.80. The van der Waals surface area contributed by atoms with E-state index in [1.807, 2.05) is 12.1 Å². The van der Waals surface area contributed by atoms with Gasteiger partial charge in [0.25, 0.3) is 0 Å². The minimum atomic E-state index is 0.0859. The highest BCUT2D eigenvalue weighted by Crippen LogP contribution is 2.23. The van der Waals surface area contributed by atoms with Crippen LogP contribution in [-0.2, 0) is 0 Å². The molecule has 19 heavy (non-hydrogen) atoms. The van der Waals surface area contributed by atoms with Crippen molar-refractivity contribution in [1.82, 2.24) is 4.98 Å². The van der Waals surface area contributed by atoms with Crippen LogP contribution in [0.5, 0.6) is 0 Å². The predicted octanol–water partition coefficient (Wildman–Crippen LogP) is 3.02. The zero-order valence-electron chi connectivity index (χ0n) is 12.5. The van der Waals surface area contributed by atoms with Crippen molar-refractivity contribution in [3.8, 4) is 0 Å². The number of nitrogens with zero attached hydrogens (tertiary/aromatic N) is 2. The normalized spacial score (nSPS) is 11.1. The summed E-state index contributed by atoms with van der Waals surface area (Å²) in [6, 6.07) is 4.15. The number of pyridine rings is 1. The van der Waals surface area contributed by atoms with Crippen LogP contribution in [0, 0.1) is 11.3 Å². The fourth-order valence-electron chi connectivity index (χ4n) is 2.37. The molecule has 1 aromatic rings. The van der Waals surface area contributed by atoms with Gasteiger partial charge in [0.2, 0.25) is 0 Å². The van der Waals surface area contributed by atoms with Crippen LogP contribution in [-0.4, -0.2) is 23.4 Å². The van der Waals surface area contributed by atoms with E-state index in [4.69, 9.17) is 11.1 Å². The molecule has 0 saturated heterocycles. The van der Waals surface area contributed by atoms with Gasteiger partial charge in [0.15, 0.2) is 0 Å². The molecule has 0 amide bonds. The van der Waals surface area contributed by atoms with E-state index >= 15 is 0 Å². The van der Waals surface area contributed by atoms with Crippen molar-refractivity contribution in [2.45, 2.75) is 46.6 Å². The van der Waals surface area contributed by atoms with Crippen LogP contribution in [0.3, 0.4) is 0 Å². The third kappa shape index (κ3) is 3.94. The zero-order valence-corrected chi connectivity index (χ0v) is 12.5. The van der Waals surface area contributed by atoms with E-state index < -0.39 is 0 Å². The summed E-state index contributed by atoms with van der Waals surface area (Å²) >= 11 is 0. The Hall–Kier alpha value is -1.58. The first-order valence-corrected chi connectivity index (χ1v) is 7.07. The van der Waals surface area contributed by atoms with E-state index in [0.29, 0.717) is 12.0 Å². The van der Waals surface area contributed by atoms with Crippen molar-refractivity contribution in [2.24, 2.45) is 11.7 Å². The van der Waals surface area contributed by atoms with Gasteiger partial charge in [-0.1, -0.05) is 27.7 Å². The van der Waals surface area contributed by atoms with Gasteiger partial charge in [-0.25, -0.2) is 4.98 Å². The van der Waals surface area contributed by atoms with Crippen LogP contribution in [0.25, 0.3) is 0 Å². The second-order valence-corrected chi connectivity index (χ2v) is 5.30. The number of nitrogen functional groups attached to an aromatic ring is 1. The molecule has 1 aromatic heterocycles. The van der Waals surface area contributed by atoms with Crippen molar-refractivity contribution >= 4 is 11.7 Å². The van der Waals surface area contributed by atoms with Gasteiger partial charge in [-0.3, -0.25) is 5.41 Å². The molecule has 0 aromatic carbocycles. The molecule has 0 saturated carbocycles. The minimum Gasteiger partial charge on any atom is -0.384 e. The maximum Gasteiger partial charge on any atom is 0.139 e. The Morgan fingerprint density at radius 1 is 1.37 bits per heavy atom. The molecular weight excluding hydrogens is 236 g/mol. The standard InChI is InChI=1S/C15H26N4/c1-5-12(6-2)19(10-11(3)4)15-13(14(16)17)8-7-9-18-15/h7-9,11-12H,5-6,10H2,1-4H3,(H3,16,17). The van der Waals surface area contributed by atoms with Crippen LogP contribution in [0.2, 0.25) is 0 Å². The lowest BCUT2D eigenvalue weighted by Crippen LogP contribution is -2.39. The maximum atomic E-state index is 7.72. The van der Waals surface area contributed by atoms with Gasteiger partial charge in [-0.15, -0.1) is 0 Å². The first-order valence-electron chi connectivity index (χ1n) is 7.07. The fraction of sp³-hybridized carbons (Fsp3) is 0.600. The third-order valence-electron chi connectivity index (χ3n) is 3.29. The summed E-state index contributed by atoms with van der Waals surface area (Å²) in [7, 11) is 0. The van der Waals surface area contributed by atoms with Crippen LogP contribution in [0.15, 0.2) is 18.3 Å². The zero-order chi connectivity index (χ0) is 14.4. The Balaban J connectivity index is 3.20. The molecule has 1 heterocycles. The highest BCUT2D eigenvalue weighted by Gasteiger charge is 2.21. The van der Waals surface area contributed by atoms with Crippen LogP contribution < -0.4 is 10.6 Å². The molecule has 0 spiro atoms. The van der Waals surface area contributed by atoms with Gasteiger partial charge < -0.3 is 10.6 Å². The average molecular weight is 262 g/mol. The molecule has 4 nitrogen and oxygen atoms in total. The predicted molar refractivity (Wildman–Crippen MR) is 81.8 cm³/mol. The summed E-state index contributed by atoms with van der Waals surface area (Å²) < 4.78 is 0. The van der Waals surface area contributed by atoms with Crippen LogP contribution in [0.4, 0.5) is 5.82 Å². The first kappa shape index (κ1) is 15.5. The molecule has 0 atom stereocenters. The SMILES string of the molecule is CCC(CC)N(CC(C)C)c1ncccc1C(=N)N. The summed E-state index contributed by atoms with van der Waals surface area (Å²) in [5, 5.41) is 7.72. The summed E-state index contributed by atoms with van der Waals surface area (Å²) in [6.45, 7) is 9.72. The highest BCUT2D eigenvalue weighted by molar-refractivity contribution is 5.99. The lowest BCUT2D eigenvalue weighted by atomic mass is 10.1. The molecule has 4 heteroatoms. The molecule has 0 fully saturated rings. The average Bonchev–Trinajstić information content (AvgIpc) is 2.38. The molecule has 0 aliphatic carbocycles. The monoisotopic (exact) mass is 262 g/mol. The molecule has 3 N–H and O–H groups in total. The number of rotatable bonds is 7. The number of nitrogens with two attached hydrogens (primary N) is 1. The number of aromatic nitrogens is 1. The molecular formula is C15H26N4. The number of hydrogen-bond donors (Lipinski definition) is 2. The maximum absolute atomic E-state index is 7.72. The van der Waals surface area contributed by atoms with Gasteiger partial charge in [0.1, 0.15) is 11.7 Å². The Bertz CT molecular complexity index is 410. The molecule has 0 bridgehead atoms. The lowest BCUT2D eigenvalue weighted by Gasteiger charge is -2.34. The highest BCUT2D eigenvalue weighted by atomic mass is 15.2. The number of nitrogens with one attached hydrogen (secondary N) is 1. The quantitative estimate of drug-likeness (QED) is 0.586. The van der Waals surface area contributed by atoms with Crippen molar-refractivity contribution < 1.29 is 0 Å². The summed E-state index contributed by atoms with van der Waals surface area (Å²) in [5.41, 5.74) is 6.41. The largest absolute Gasteiger partial charge is 0.384 e. The van der Waals surface area contributed by atoms with Crippen molar-refractivity contribution in [3.63, 3.8) is 0 Å². The second kappa shape index (κ2) is 7.12. The molecule has 106 valence electrons. The van der Waals surface area contributed by atoms with Gasteiger partial charge in [-0.2, -0.15) is 0 Å². The Morgan fingerprint density at radius 3 is 2.47 bits per heavy atom. The van der Waals surface area contributed by atoms with E-state index in [1.165, 1.54) is 0 Å². The second-order valence-electron chi connectivity index (χ2n) is 5.30. The van der Waals surface area contributed by atoms with Gasteiger partial charge >= 0.3 is 0 Å². The van der Waals surface area contributed by atoms with Gasteiger partial charge in [0, 0.05) is 18.8 Å². The van der Waals surface area contributed by atoms with E-state index in [0.717, 1.165) is 30.8 Å². The van der Waals surface area contributed by atoms with Crippen LogP contribution in [0.1, 0.15) is 46.1 Å². The number of hydrogen-bond acceptors (Lipinski definition) is 3. The van der Waals surface area contributed by atoms with E-state index in [-0.39, 0.29) is 5.84 Å². The van der Waals surface area contributed by atoms with E-state index in [9.17, 15) is 0 Å². The first-order chi connectivity index (χ1) is 9.01. The molecule has 0 aliphatic rings. The third-order valence-corrected chi connectivity index (χ3v) is 3.29. The van der Waals surface area contributed by atoms with Gasteiger partial charge in [0.05, 0.1) is 5.56 Å². The Labute approximate surface area is 116 Å². The van der Waals surface area contributed by atoms with E-state index in [1.54, 1.807) is 6.20 Å². The molecule has 1 rings (SSSR count). The van der Waals surface area contributed by atoms with Crippen molar-refractivity contribution in [1.29, 1.82) is 5.41 Å². The molecule has 0 aliphatic heterocycles. The number of amidine groups is 1. The van der Waals surface area contributed by atoms with Crippen LogP contribution >= 0.6 is 0 Å². The minimum absolute atomic E-state index is 0.0859.